The van der Waals surface area contributed by atoms with Crippen molar-refractivity contribution in [3.8, 4) is 11.5 Å². The zero-order chi connectivity index (χ0) is 20.7. The first-order valence-corrected chi connectivity index (χ1v) is 9.46. The van der Waals surface area contributed by atoms with Gasteiger partial charge in [-0.3, -0.25) is 4.90 Å². The smallest absolute Gasteiger partial charge is 0.412 e. The van der Waals surface area contributed by atoms with Crippen LogP contribution in [0.5, 0.6) is 11.5 Å². The highest BCUT2D eigenvalue weighted by molar-refractivity contribution is 5.68. The van der Waals surface area contributed by atoms with E-state index >= 15 is 0 Å². The third-order valence-corrected chi connectivity index (χ3v) is 5.36. The Labute approximate surface area is 166 Å². The lowest BCUT2D eigenvalue weighted by Gasteiger charge is -2.46. The van der Waals surface area contributed by atoms with Gasteiger partial charge in [0.2, 0.25) is 0 Å². The van der Waals surface area contributed by atoms with E-state index in [2.05, 4.69) is 6.58 Å². The van der Waals surface area contributed by atoms with Gasteiger partial charge in [-0.15, -0.1) is 6.58 Å². The minimum Gasteiger partial charge on any atom is -0.497 e. The van der Waals surface area contributed by atoms with Crippen molar-refractivity contribution in [3.05, 3.63) is 36.4 Å². The maximum atomic E-state index is 12.7. The maximum Gasteiger partial charge on any atom is 0.412 e. The third-order valence-electron chi connectivity index (χ3n) is 5.36. The molecule has 7 heteroatoms. The lowest BCUT2D eigenvalue weighted by atomic mass is 9.78. The molecule has 0 heterocycles. The number of aliphatic hydroxyl groups excluding tert-OH is 1. The molecule has 2 N–H and O–H groups in total. The summed E-state index contributed by atoms with van der Waals surface area (Å²) in [5, 5.41) is 21.7. The summed E-state index contributed by atoms with van der Waals surface area (Å²) in [5.41, 5.74) is -0.799. The van der Waals surface area contributed by atoms with Crippen molar-refractivity contribution < 1.29 is 29.2 Å². The second-order valence-corrected chi connectivity index (χ2v) is 7.17. The van der Waals surface area contributed by atoms with Gasteiger partial charge in [-0.1, -0.05) is 12.5 Å². The van der Waals surface area contributed by atoms with Crippen molar-refractivity contribution in [2.24, 2.45) is 5.92 Å². The minimum atomic E-state index is -1.52. The van der Waals surface area contributed by atoms with Crippen LogP contribution in [0, 0.1) is 5.92 Å². The molecule has 1 amide bonds. The fourth-order valence-electron chi connectivity index (χ4n) is 3.90. The average Bonchev–Trinajstić information content (AvgIpc) is 2.71. The highest BCUT2D eigenvalue weighted by atomic mass is 16.5. The number of aliphatic hydroxyl groups is 2. The van der Waals surface area contributed by atoms with Gasteiger partial charge in [-0.05, 0) is 37.0 Å². The molecule has 0 aromatic heterocycles. The number of amides is 1. The van der Waals surface area contributed by atoms with Crippen molar-refractivity contribution in [1.29, 1.82) is 0 Å². The monoisotopic (exact) mass is 393 g/mol. The van der Waals surface area contributed by atoms with E-state index < -0.39 is 17.9 Å². The van der Waals surface area contributed by atoms with E-state index in [1.165, 1.54) is 12.0 Å². The summed E-state index contributed by atoms with van der Waals surface area (Å²) in [5.74, 6) is 0.875. The van der Waals surface area contributed by atoms with Gasteiger partial charge in [0.05, 0.1) is 34.0 Å². The van der Waals surface area contributed by atoms with Crippen LogP contribution in [0.2, 0.25) is 0 Å². The Hall–Kier alpha value is -2.25. The number of nitrogens with zero attached hydrogens (tertiary/aromatic N) is 1. The molecule has 156 valence electrons. The van der Waals surface area contributed by atoms with Crippen LogP contribution in [0.4, 0.5) is 4.79 Å². The molecule has 0 bridgehead atoms. The van der Waals surface area contributed by atoms with Crippen molar-refractivity contribution in [2.75, 3.05) is 21.3 Å². The van der Waals surface area contributed by atoms with Crippen LogP contribution in [0.1, 0.15) is 37.7 Å². The van der Waals surface area contributed by atoms with Crippen LogP contribution in [-0.4, -0.2) is 54.4 Å². The lowest BCUT2D eigenvalue weighted by Crippen LogP contribution is -2.57. The number of methoxy groups -OCH3 is 3. The van der Waals surface area contributed by atoms with Crippen molar-refractivity contribution in [1.82, 2.24) is 4.90 Å². The number of benzene rings is 1. The molecule has 2 rings (SSSR count). The highest BCUT2D eigenvalue weighted by Gasteiger charge is 2.46. The van der Waals surface area contributed by atoms with Gasteiger partial charge in [-0.25, -0.2) is 4.79 Å². The predicted octanol–water partition coefficient (Wildman–Crippen LogP) is 3.09. The molecule has 0 radical (unpaired) electrons. The fraction of sp³-hybridized carbons (Fsp3) is 0.571. The van der Waals surface area contributed by atoms with E-state index in [1.54, 1.807) is 38.5 Å². The van der Waals surface area contributed by atoms with E-state index in [0.29, 0.717) is 30.8 Å². The maximum absolute atomic E-state index is 12.7. The third kappa shape index (κ3) is 4.97. The summed E-state index contributed by atoms with van der Waals surface area (Å²) in [6, 6.07) is 5.30. The molecule has 0 spiro atoms. The van der Waals surface area contributed by atoms with Crippen LogP contribution in [-0.2, 0) is 11.3 Å². The molecule has 1 aromatic carbocycles. The lowest BCUT2D eigenvalue weighted by molar-refractivity contribution is -0.153. The molecule has 0 saturated heterocycles. The summed E-state index contributed by atoms with van der Waals surface area (Å²) >= 11 is 0. The van der Waals surface area contributed by atoms with Gasteiger partial charge in [0.15, 0.2) is 0 Å². The number of rotatable bonds is 8. The summed E-state index contributed by atoms with van der Waals surface area (Å²) in [7, 11) is 4.38. The molecule has 3 unspecified atom stereocenters. The normalized spacial score (nSPS) is 21.3. The molecule has 1 aliphatic carbocycles. The topological polar surface area (TPSA) is 88.5 Å². The first-order valence-electron chi connectivity index (χ1n) is 9.46. The van der Waals surface area contributed by atoms with Gasteiger partial charge in [0, 0.05) is 18.4 Å². The predicted molar refractivity (Wildman–Crippen MR) is 105 cm³/mol. The Morgan fingerprint density at radius 3 is 2.39 bits per heavy atom. The Bertz CT molecular complexity index is 657. The molecule has 7 nitrogen and oxygen atoms in total. The van der Waals surface area contributed by atoms with Gasteiger partial charge < -0.3 is 24.4 Å². The van der Waals surface area contributed by atoms with Crippen LogP contribution < -0.4 is 9.47 Å². The van der Waals surface area contributed by atoms with Crippen LogP contribution in [0.3, 0.4) is 0 Å². The zero-order valence-electron chi connectivity index (χ0n) is 16.9. The average molecular weight is 393 g/mol. The first-order chi connectivity index (χ1) is 13.4. The standard InChI is InChI=1S/C21H31NO6/c1-5-9-21(25,16-7-6-8-17(23)12-16)22(20(24)28-4)14-15-10-18(26-2)13-19(11-15)27-3/h5,10-11,13,16-17,23,25H,1,6-9,12,14H2,2-4H3. The van der Waals surface area contributed by atoms with Crippen LogP contribution >= 0.6 is 0 Å². The van der Waals surface area contributed by atoms with E-state index in [-0.39, 0.29) is 18.9 Å². The molecule has 1 aliphatic rings. The second kappa shape index (κ2) is 9.80. The highest BCUT2D eigenvalue weighted by Crippen LogP contribution is 2.39. The minimum absolute atomic E-state index is 0.0944. The number of carbonyl (C=O) groups excluding carboxylic acids is 1. The van der Waals surface area contributed by atoms with Gasteiger partial charge >= 0.3 is 6.09 Å². The molecule has 28 heavy (non-hydrogen) atoms. The van der Waals surface area contributed by atoms with Crippen LogP contribution in [0.15, 0.2) is 30.9 Å². The summed E-state index contributed by atoms with van der Waals surface area (Å²) < 4.78 is 15.6. The molecule has 1 saturated carbocycles. The quantitative estimate of drug-likeness (QED) is 0.521. The van der Waals surface area contributed by atoms with Gasteiger partial charge in [-0.2, -0.15) is 0 Å². The van der Waals surface area contributed by atoms with Crippen LogP contribution in [0.25, 0.3) is 0 Å². The number of hydrogen-bond donors (Lipinski definition) is 2. The molecule has 1 fully saturated rings. The second-order valence-electron chi connectivity index (χ2n) is 7.17. The van der Waals surface area contributed by atoms with Crippen molar-refractivity contribution >= 4 is 6.09 Å². The largest absolute Gasteiger partial charge is 0.497 e. The molecule has 1 aromatic rings. The summed E-state index contributed by atoms with van der Waals surface area (Å²) in [6.45, 7) is 3.84. The number of hydrogen-bond acceptors (Lipinski definition) is 6. The summed E-state index contributed by atoms with van der Waals surface area (Å²) in [6.07, 6.45) is 3.22. The van der Waals surface area contributed by atoms with Crippen molar-refractivity contribution in [2.45, 2.75) is 50.5 Å². The Balaban J connectivity index is 2.42. The van der Waals surface area contributed by atoms with Crippen molar-refractivity contribution in [3.63, 3.8) is 0 Å². The Kier molecular flexibility index (Phi) is 7.71. The van der Waals surface area contributed by atoms with E-state index in [9.17, 15) is 15.0 Å². The molecule has 0 aliphatic heterocycles. The first kappa shape index (κ1) is 22.0. The summed E-state index contributed by atoms with van der Waals surface area (Å²) in [4.78, 5) is 14.0. The Morgan fingerprint density at radius 2 is 1.89 bits per heavy atom. The van der Waals surface area contributed by atoms with E-state index in [1.807, 2.05) is 0 Å². The van der Waals surface area contributed by atoms with Gasteiger partial charge in [0.1, 0.15) is 17.2 Å². The molecular weight excluding hydrogens is 362 g/mol. The zero-order valence-corrected chi connectivity index (χ0v) is 16.9. The molecule has 3 atom stereocenters. The van der Waals surface area contributed by atoms with E-state index in [4.69, 9.17) is 14.2 Å². The number of carbonyl (C=O) groups is 1. The SMILES string of the molecule is C=CCC(O)(C1CCCC(O)C1)N(Cc1cc(OC)cc(OC)c1)C(=O)OC. The number of ether oxygens (including phenoxy) is 3. The van der Waals surface area contributed by atoms with E-state index in [0.717, 1.165) is 12.0 Å². The Morgan fingerprint density at radius 1 is 1.25 bits per heavy atom. The fourth-order valence-corrected chi connectivity index (χ4v) is 3.90. The van der Waals surface area contributed by atoms with Gasteiger partial charge in [0.25, 0.3) is 0 Å². The molecular formula is C21H31NO6.